The van der Waals surface area contributed by atoms with Crippen LogP contribution in [0.25, 0.3) is 77.9 Å². The molecule has 196 valence electrons. The standard InChI is InChI=1S/C37H23N5/c1-3-13-24(14-4-1)34-38-35(25-15-5-2-6-16-25)40-37(39-34)42-31-22-12-10-20-29(31)33-28-19-9-8-18-27(28)32-23-26-17-7-11-21-30(26)41(32)36(33)42/h1-23H. The lowest BCUT2D eigenvalue weighted by Gasteiger charge is -2.13. The van der Waals surface area contributed by atoms with Gasteiger partial charge in [-0.05, 0) is 23.6 Å². The average Bonchev–Trinajstić information content (AvgIpc) is 3.62. The molecule has 0 unspecified atom stereocenters. The van der Waals surface area contributed by atoms with Gasteiger partial charge in [0, 0.05) is 32.7 Å². The molecule has 0 radical (unpaired) electrons. The van der Waals surface area contributed by atoms with Crippen LogP contribution >= 0.6 is 0 Å². The highest BCUT2D eigenvalue weighted by molar-refractivity contribution is 6.24. The van der Waals surface area contributed by atoms with Crippen LogP contribution in [-0.4, -0.2) is 23.9 Å². The maximum absolute atomic E-state index is 5.15. The van der Waals surface area contributed by atoms with Crippen LogP contribution in [0, 0.1) is 0 Å². The van der Waals surface area contributed by atoms with Crippen molar-refractivity contribution in [2.75, 3.05) is 0 Å². The first-order valence-corrected chi connectivity index (χ1v) is 14.1. The minimum absolute atomic E-state index is 0.586. The first-order chi connectivity index (χ1) is 20.8. The number of fused-ring (bicyclic) bond motifs is 10. The van der Waals surface area contributed by atoms with Crippen LogP contribution in [0.3, 0.4) is 0 Å². The van der Waals surface area contributed by atoms with E-state index in [4.69, 9.17) is 15.0 Å². The molecule has 5 aromatic carbocycles. The maximum atomic E-state index is 5.15. The first kappa shape index (κ1) is 22.9. The van der Waals surface area contributed by atoms with Crippen molar-refractivity contribution in [2.24, 2.45) is 0 Å². The molecular weight excluding hydrogens is 514 g/mol. The number of benzene rings is 5. The smallest absolute Gasteiger partial charge is 0.239 e. The van der Waals surface area contributed by atoms with E-state index in [1.807, 2.05) is 60.7 Å². The van der Waals surface area contributed by atoms with Gasteiger partial charge in [0.25, 0.3) is 0 Å². The Bertz CT molecular complexity index is 2400. The quantitative estimate of drug-likeness (QED) is 0.226. The topological polar surface area (TPSA) is 48.0 Å². The predicted octanol–water partition coefficient (Wildman–Crippen LogP) is 8.86. The fourth-order valence-corrected chi connectivity index (χ4v) is 6.31. The van der Waals surface area contributed by atoms with Crippen LogP contribution in [0.5, 0.6) is 0 Å². The van der Waals surface area contributed by atoms with Gasteiger partial charge >= 0.3 is 0 Å². The summed E-state index contributed by atoms with van der Waals surface area (Å²) in [5, 5.41) is 5.95. The van der Waals surface area contributed by atoms with E-state index in [0.29, 0.717) is 17.6 Å². The predicted molar refractivity (Wildman–Crippen MR) is 171 cm³/mol. The third-order valence-electron chi connectivity index (χ3n) is 8.13. The normalized spacial score (nSPS) is 11.8. The molecule has 0 aliphatic heterocycles. The van der Waals surface area contributed by atoms with Crippen molar-refractivity contribution in [1.82, 2.24) is 23.9 Å². The zero-order valence-electron chi connectivity index (χ0n) is 22.5. The van der Waals surface area contributed by atoms with Crippen LogP contribution < -0.4 is 0 Å². The van der Waals surface area contributed by atoms with Gasteiger partial charge in [-0.3, -0.25) is 8.97 Å². The zero-order chi connectivity index (χ0) is 27.6. The molecule has 42 heavy (non-hydrogen) atoms. The SMILES string of the molecule is c1ccc(-c2nc(-c3ccccc3)nc(-n3c4ccccc4c4c5ccccc5c5cc6ccccc6n5c43)n2)cc1. The molecule has 4 aromatic heterocycles. The Morgan fingerprint density at radius 1 is 0.429 bits per heavy atom. The van der Waals surface area contributed by atoms with Gasteiger partial charge in [0.1, 0.15) is 5.65 Å². The Kier molecular flexibility index (Phi) is 4.83. The monoisotopic (exact) mass is 537 g/mol. The number of pyridine rings is 1. The summed E-state index contributed by atoms with van der Waals surface area (Å²) in [5.41, 5.74) is 6.28. The van der Waals surface area contributed by atoms with Gasteiger partial charge in [-0.2, -0.15) is 9.97 Å². The molecule has 0 fully saturated rings. The second kappa shape index (κ2) is 8.85. The third kappa shape index (κ3) is 3.28. The van der Waals surface area contributed by atoms with Crippen molar-refractivity contribution < 1.29 is 0 Å². The molecule has 9 aromatic rings. The lowest BCUT2D eigenvalue weighted by Crippen LogP contribution is -2.08. The molecule has 0 spiro atoms. The van der Waals surface area contributed by atoms with E-state index in [-0.39, 0.29) is 0 Å². The average molecular weight is 538 g/mol. The Morgan fingerprint density at radius 3 is 1.67 bits per heavy atom. The number of hydrogen-bond donors (Lipinski definition) is 0. The third-order valence-corrected chi connectivity index (χ3v) is 8.13. The second-order valence-electron chi connectivity index (χ2n) is 10.5. The number of para-hydroxylation sites is 2. The Morgan fingerprint density at radius 2 is 0.976 bits per heavy atom. The van der Waals surface area contributed by atoms with E-state index in [2.05, 4.69) is 87.8 Å². The summed E-state index contributed by atoms with van der Waals surface area (Å²) < 4.78 is 4.60. The summed E-state index contributed by atoms with van der Waals surface area (Å²) in [5.74, 6) is 1.86. The van der Waals surface area contributed by atoms with Gasteiger partial charge in [0.2, 0.25) is 5.95 Å². The number of hydrogen-bond acceptors (Lipinski definition) is 3. The molecule has 0 atom stereocenters. The van der Waals surface area contributed by atoms with Crippen molar-refractivity contribution in [3.8, 4) is 28.7 Å². The summed E-state index contributed by atoms with van der Waals surface area (Å²) >= 11 is 0. The van der Waals surface area contributed by atoms with Crippen molar-refractivity contribution in [2.45, 2.75) is 0 Å². The van der Waals surface area contributed by atoms with Crippen LogP contribution in [0.15, 0.2) is 140 Å². The molecule has 0 saturated heterocycles. The minimum atomic E-state index is 0.586. The lowest BCUT2D eigenvalue weighted by atomic mass is 10.1. The number of rotatable bonds is 3. The highest BCUT2D eigenvalue weighted by atomic mass is 15.2. The maximum Gasteiger partial charge on any atom is 0.239 e. The van der Waals surface area contributed by atoms with Crippen LogP contribution in [0.4, 0.5) is 0 Å². The molecule has 0 amide bonds. The van der Waals surface area contributed by atoms with Gasteiger partial charge in [0.15, 0.2) is 11.6 Å². The van der Waals surface area contributed by atoms with Crippen molar-refractivity contribution in [3.05, 3.63) is 140 Å². The molecular formula is C37H23N5. The summed E-state index contributed by atoms with van der Waals surface area (Å²) in [6.07, 6.45) is 0. The highest BCUT2D eigenvalue weighted by Crippen LogP contribution is 2.40. The largest absolute Gasteiger partial charge is 0.294 e. The van der Waals surface area contributed by atoms with Crippen LogP contribution in [0.2, 0.25) is 0 Å². The second-order valence-corrected chi connectivity index (χ2v) is 10.5. The summed E-state index contributed by atoms with van der Waals surface area (Å²) in [4.78, 5) is 15.3. The molecule has 0 saturated carbocycles. The van der Waals surface area contributed by atoms with Crippen LogP contribution in [0.1, 0.15) is 0 Å². The van der Waals surface area contributed by atoms with E-state index >= 15 is 0 Å². The van der Waals surface area contributed by atoms with Gasteiger partial charge in [-0.25, -0.2) is 4.98 Å². The molecule has 0 N–H and O–H groups in total. The van der Waals surface area contributed by atoms with E-state index in [0.717, 1.165) is 38.7 Å². The van der Waals surface area contributed by atoms with Gasteiger partial charge in [0.05, 0.1) is 16.6 Å². The number of aromatic nitrogens is 5. The molecule has 0 aliphatic rings. The van der Waals surface area contributed by atoms with Gasteiger partial charge in [-0.1, -0.05) is 121 Å². The van der Waals surface area contributed by atoms with Crippen molar-refractivity contribution >= 4 is 49.1 Å². The van der Waals surface area contributed by atoms with E-state index < -0.39 is 0 Å². The fraction of sp³-hybridized carbons (Fsp3) is 0. The van der Waals surface area contributed by atoms with Gasteiger partial charge < -0.3 is 0 Å². The summed E-state index contributed by atoms with van der Waals surface area (Å²) in [7, 11) is 0. The van der Waals surface area contributed by atoms with Crippen molar-refractivity contribution in [3.63, 3.8) is 0 Å². The molecule has 5 nitrogen and oxygen atoms in total. The first-order valence-electron chi connectivity index (χ1n) is 14.1. The highest BCUT2D eigenvalue weighted by Gasteiger charge is 2.23. The van der Waals surface area contributed by atoms with E-state index in [1.54, 1.807) is 0 Å². The Hall–Kier alpha value is -5.81. The lowest BCUT2D eigenvalue weighted by molar-refractivity contribution is 0.941. The molecule has 5 heteroatoms. The zero-order valence-corrected chi connectivity index (χ0v) is 22.5. The Labute approximate surface area is 241 Å². The summed E-state index contributed by atoms with van der Waals surface area (Å²) in [6.45, 7) is 0. The van der Waals surface area contributed by atoms with E-state index in [1.165, 1.54) is 21.5 Å². The molecule has 9 rings (SSSR count). The van der Waals surface area contributed by atoms with Crippen molar-refractivity contribution in [1.29, 1.82) is 0 Å². The fourth-order valence-electron chi connectivity index (χ4n) is 6.31. The van der Waals surface area contributed by atoms with E-state index in [9.17, 15) is 0 Å². The molecule has 0 aliphatic carbocycles. The van der Waals surface area contributed by atoms with Gasteiger partial charge in [-0.15, -0.1) is 0 Å². The summed E-state index contributed by atoms with van der Waals surface area (Å²) in [6, 6.07) is 48.4. The Balaban J connectivity index is 1.51. The van der Waals surface area contributed by atoms with Crippen LogP contribution in [-0.2, 0) is 0 Å². The molecule has 0 bridgehead atoms. The molecule has 4 heterocycles. The minimum Gasteiger partial charge on any atom is -0.294 e. The number of nitrogens with zero attached hydrogens (tertiary/aromatic N) is 5.